The summed E-state index contributed by atoms with van der Waals surface area (Å²) >= 11 is 0. The molecule has 0 fully saturated rings. The summed E-state index contributed by atoms with van der Waals surface area (Å²) in [6.07, 6.45) is 5.72. The van der Waals surface area contributed by atoms with Crippen molar-refractivity contribution in [3.8, 4) is 55.6 Å². The predicted octanol–water partition coefficient (Wildman–Crippen LogP) is 11.8. The second-order valence-corrected chi connectivity index (χ2v) is 10.3. The van der Waals surface area contributed by atoms with Gasteiger partial charge < -0.3 is 0 Å². The van der Waals surface area contributed by atoms with E-state index in [0.717, 1.165) is 16.7 Å². The van der Waals surface area contributed by atoms with Crippen LogP contribution in [0, 0.1) is 0 Å². The topological polar surface area (TPSA) is 0 Å². The first kappa shape index (κ1) is 26.7. The largest absolute Gasteiger partial charge is 0.0990 e. The van der Waals surface area contributed by atoms with Crippen LogP contribution in [0.2, 0.25) is 0 Å². The van der Waals surface area contributed by atoms with Crippen LogP contribution in [-0.4, -0.2) is 0 Å². The quantitative estimate of drug-likeness (QED) is 0.170. The zero-order chi connectivity index (χ0) is 28.7. The van der Waals surface area contributed by atoms with Crippen molar-refractivity contribution in [2.24, 2.45) is 0 Å². The molecule has 0 atom stereocenters. The first-order valence-electron chi connectivity index (χ1n) is 14.2. The van der Waals surface area contributed by atoms with E-state index >= 15 is 0 Å². The molecule has 0 spiro atoms. The van der Waals surface area contributed by atoms with Crippen LogP contribution in [0.5, 0.6) is 0 Å². The lowest BCUT2D eigenvalue weighted by Gasteiger charge is -2.14. The van der Waals surface area contributed by atoms with E-state index in [9.17, 15) is 0 Å². The van der Waals surface area contributed by atoms with Crippen molar-refractivity contribution in [3.05, 3.63) is 189 Å². The molecule has 0 aliphatic carbocycles. The SMILES string of the molecule is C=C/C=C(\C=C)c1cc(-c2ccccc2)cc(-c2cccc(-c3cc(-c4ccccc4)cc(-c4ccccc4)c3)c2)c1. The molecule has 0 bridgehead atoms. The Morgan fingerprint density at radius 1 is 0.357 bits per heavy atom. The summed E-state index contributed by atoms with van der Waals surface area (Å²) in [6, 6.07) is 54.3. The third-order valence-corrected chi connectivity index (χ3v) is 7.57. The number of allylic oxidation sites excluding steroid dienone is 4. The van der Waals surface area contributed by atoms with Crippen LogP contribution in [0.25, 0.3) is 61.2 Å². The molecule has 0 nitrogen and oxygen atoms in total. The lowest BCUT2D eigenvalue weighted by Crippen LogP contribution is -1.89. The molecule has 0 heterocycles. The van der Waals surface area contributed by atoms with Gasteiger partial charge in [0.2, 0.25) is 0 Å². The minimum absolute atomic E-state index is 1.04. The molecule has 0 aromatic heterocycles. The van der Waals surface area contributed by atoms with Gasteiger partial charge in [-0.1, -0.05) is 141 Å². The lowest BCUT2D eigenvalue weighted by molar-refractivity contribution is 1.54. The molecule has 6 rings (SSSR count). The van der Waals surface area contributed by atoms with Crippen LogP contribution in [0.15, 0.2) is 183 Å². The Kier molecular flexibility index (Phi) is 7.88. The maximum Gasteiger partial charge on any atom is -0.0171 e. The van der Waals surface area contributed by atoms with Crippen LogP contribution < -0.4 is 0 Å². The lowest BCUT2D eigenvalue weighted by atomic mass is 9.90. The van der Waals surface area contributed by atoms with Crippen molar-refractivity contribution in [1.82, 2.24) is 0 Å². The summed E-state index contributed by atoms with van der Waals surface area (Å²) in [6.45, 7) is 7.98. The van der Waals surface area contributed by atoms with Crippen molar-refractivity contribution in [2.45, 2.75) is 0 Å². The summed E-state index contributed by atoms with van der Waals surface area (Å²) in [7, 11) is 0. The molecule has 0 heteroatoms. The van der Waals surface area contributed by atoms with Crippen LogP contribution in [0.4, 0.5) is 0 Å². The zero-order valence-electron chi connectivity index (χ0n) is 23.6. The van der Waals surface area contributed by atoms with E-state index in [4.69, 9.17) is 0 Å². The van der Waals surface area contributed by atoms with Crippen molar-refractivity contribution in [2.75, 3.05) is 0 Å². The number of benzene rings is 6. The van der Waals surface area contributed by atoms with Gasteiger partial charge >= 0.3 is 0 Å². The third kappa shape index (κ3) is 5.84. The molecule has 6 aromatic carbocycles. The minimum Gasteiger partial charge on any atom is -0.0990 e. The Balaban J connectivity index is 1.50. The second-order valence-electron chi connectivity index (χ2n) is 10.3. The van der Waals surface area contributed by atoms with Gasteiger partial charge in [0.05, 0.1) is 0 Å². The Morgan fingerprint density at radius 3 is 1.10 bits per heavy atom. The summed E-state index contributed by atoms with van der Waals surface area (Å²) < 4.78 is 0. The fourth-order valence-corrected chi connectivity index (χ4v) is 5.43. The zero-order valence-corrected chi connectivity index (χ0v) is 23.6. The standard InChI is InChI=1S/C42H32/c1-3-15-31(4-2)37-25-38(32-16-8-5-9-17-32)28-41(26-37)35-22-14-23-36(24-35)42-29-39(33-18-10-6-11-19-33)27-40(30-42)34-20-12-7-13-21-34/h3-30H,1-2H2/b31-15+. The fourth-order valence-electron chi connectivity index (χ4n) is 5.43. The first-order chi connectivity index (χ1) is 20.7. The van der Waals surface area contributed by atoms with Gasteiger partial charge in [-0.3, -0.25) is 0 Å². The van der Waals surface area contributed by atoms with Crippen LogP contribution in [-0.2, 0) is 0 Å². The van der Waals surface area contributed by atoms with Crippen LogP contribution >= 0.6 is 0 Å². The molecule has 42 heavy (non-hydrogen) atoms. The van der Waals surface area contributed by atoms with Gasteiger partial charge in [-0.2, -0.15) is 0 Å². The van der Waals surface area contributed by atoms with Gasteiger partial charge in [-0.25, -0.2) is 0 Å². The molecule has 200 valence electrons. The van der Waals surface area contributed by atoms with E-state index in [1.54, 1.807) is 0 Å². The Bertz CT molecular complexity index is 1820. The summed E-state index contributed by atoms with van der Waals surface area (Å²) in [5, 5.41) is 0. The minimum atomic E-state index is 1.04. The van der Waals surface area contributed by atoms with Gasteiger partial charge in [0.1, 0.15) is 0 Å². The molecule has 0 saturated carbocycles. The summed E-state index contributed by atoms with van der Waals surface area (Å²) in [5.41, 5.74) is 14.0. The highest BCUT2D eigenvalue weighted by molar-refractivity contribution is 5.86. The van der Waals surface area contributed by atoms with Crippen LogP contribution in [0.3, 0.4) is 0 Å². The number of hydrogen-bond acceptors (Lipinski definition) is 0. The molecule has 0 N–H and O–H groups in total. The highest BCUT2D eigenvalue weighted by Crippen LogP contribution is 2.36. The van der Waals surface area contributed by atoms with Crippen molar-refractivity contribution in [1.29, 1.82) is 0 Å². The van der Waals surface area contributed by atoms with E-state index in [1.165, 1.54) is 50.1 Å². The molecule has 0 saturated heterocycles. The Hall–Kier alpha value is -5.46. The Morgan fingerprint density at radius 2 is 0.690 bits per heavy atom. The molecular formula is C42H32. The van der Waals surface area contributed by atoms with E-state index in [0.29, 0.717) is 0 Å². The Labute approximate surface area is 249 Å². The average molecular weight is 537 g/mol. The molecule has 0 amide bonds. The maximum atomic E-state index is 4.06. The van der Waals surface area contributed by atoms with E-state index in [2.05, 4.69) is 165 Å². The maximum absolute atomic E-state index is 4.06. The third-order valence-electron chi connectivity index (χ3n) is 7.57. The fraction of sp³-hybridized carbons (Fsp3) is 0. The average Bonchev–Trinajstić information content (AvgIpc) is 3.08. The van der Waals surface area contributed by atoms with E-state index in [-0.39, 0.29) is 0 Å². The van der Waals surface area contributed by atoms with Crippen molar-refractivity contribution in [3.63, 3.8) is 0 Å². The second kappa shape index (κ2) is 12.4. The molecule has 6 aromatic rings. The van der Waals surface area contributed by atoms with Gasteiger partial charge in [0.15, 0.2) is 0 Å². The van der Waals surface area contributed by atoms with Gasteiger partial charge in [0.25, 0.3) is 0 Å². The highest BCUT2D eigenvalue weighted by Gasteiger charge is 2.11. The van der Waals surface area contributed by atoms with Crippen molar-refractivity contribution < 1.29 is 0 Å². The van der Waals surface area contributed by atoms with E-state index in [1.807, 2.05) is 18.2 Å². The number of hydrogen-bond donors (Lipinski definition) is 0. The molecule has 0 unspecified atom stereocenters. The molecule has 0 aliphatic heterocycles. The van der Waals surface area contributed by atoms with Gasteiger partial charge in [-0.15, -0.1) is 0 Å². The number of rotatable bonds is 8. The summed E-state index contributed by atoms with van der Waals surface area (Å²) in [5.74, 6) is 0. The first-order valence-corrected chi connectivity index (χ1v) is 14.2. The van der Waals surface area contributed by atoms with Crippen LogP contribution in [0.1, 0.15) is 5.56 Å². The molecule has 0 radical (unpaired) electrons. The smallest absolute Gasteiger partial charge is 0.0171 e. The molecule has 0 aliphatic rings. The van der Waals surface area contributed by atoms with Gasteiger partial charge in [-0.05, 0) is 109 Å². The predicted molar refractivity (Wildman–Crippen MR) is 182 cm³/mol. The normalized spacial score (nSPS) is 11.2. The van der Waals surface area contributed by atoms with Crippen molar-refractivity contribution >= 4 is 5.57 Å². The van der Waals surface area contributed by atoms with Gasteiger partial charge in [0, 0.05) is 0 Å². The molecular weight excluding hydrogens is 504 g/mol. The highest BCUT2D eigenvalue weighted by atomic mass is 14.2. The summed E-state index contributed by atoms with van der Waals surface area (Å²) in [4.78, 5) is 0. The monoisotopic (exact) mass is 536 g/mol. The van der Waals surface area contributed by atoms with E-state index < -0.39 is 0 Å².